The molecule has 0 spiro atoms. The summed E-state index contributed by atoms with van der Waals surface area (Å²) in [6.07, 6.45) is 1.85. The fourth-order valence-electron chi connectivity index (χ4n) is 2.27. The van der Waals surface area contributed by atoms with Crippen molar-refractivity contribution in [1.29, 1.82) is 0 Å². The zero-order chi connectivity index (χ0) is 12.9. The van der Waals surface area contributed by atoms with Crippen molar-refractivity contribution in [2.75, 3.05) is 13.2 Å². The molecular formula is C15H25NO. The van der Waals surface area contributed by atoms with Crippen LogP contribution in [0.25, 0.3) is 0 Å². The Hall–Kier alpha value is -0.860. The maximum Gasteiger partial charge on any atom is 0.0451 e. The van der Waals surface area contributed by atoms with Crippen molar-refractivity contribution < 1.29 is 5.11 Å². The van der Waals surface area contributed by atoms with E-state index in [9.17, 15) is 5.11 Å². The molecule has 0 saturated carbocycles. The van der Waals surface area contributed by atoms with E-state index in [-0.39, 0.29) is 12.1 Å². The van der Waals surface area contributed by atoms with Crippen LogP contribution in [-0.4, -0.2) is 18.3 Å². The molecular weight excluding hydrogens is 210 g/mol. The van der Waals surface area contributed by atoms with Gasteiger partial charge in [-0.1, -0.05) is 30.7 Å². The zero-order valence-corrected chi connectivity index (χ0v) is 11.5. The molecule has 0 aliphatic rings. The maximum atomic E-state index is 9.28. The number of nitrogens with one attached hydrogen (secondary N) is 1. The highest BCUT2D eigenvalue weighted by atomic mass is 16.3. The van der Waals surface area contributed by atoms with Crippen LogP contribution in [0.5, 0.6) is 0 Å². The number of aryl methyl sites for hydroxylation is 2. The Morgan fingerprint density at radius 3 is 2.59 bits per heavy atom. The zero-order valence-electron chi connectivity index (χ0n) is 11.5. The van der Waals surface area contributed by atoms with E-state index in [2.05, 4.69) is 51.2 Å². The van der Waals surface area contributed by atoms with E-state index in [0.29, 0.717) is 0 Å². The predicted octanol–water partition coefficient (Wildman–Crippen LogP) is 2.90. The van der Waals surface area contributed by atoms with Crippen LogP contribution in [0.1, 0.15) is 43.4 Å². The van der Waals surface area contributed by atoms with E-state index in [1.54, 1.807) is 0 Å². The van der Waals surface area contributed by atoms with Gasteiger partial charge in [0.2, 0.25) is 0 Å². The van der Waals surface area contributed by atoms with Gasteiger partial charge >= 0.3 is 0 Å². The lowest BCUT2D eigenvalue weighted by atomic mass is 9.85. The Kier molecular flexibility index (Phi) is 5.16. The van der Waals surface area contributed by atoms with Crippen LogP contribution in [0.15, 0.2) is 18.2 Å². The van der Waals surface area contributed by atoms with Gasteiger partial charge in [0.25, 0.3) is 0 Å². The van der Waals surface area contributed by atoms with Gasteiger partial charge in [0.15, 0.2) is 0 Å². The van der Waals surface area contributed by atoms with E-state index >= 15 is 0 Å². The van der Waals surface area contributed by atoms with Gasteiger partial charge in [-0.05, 0) is 51.3 Å². The Morgan fingerprint density at radius 1 is 1.29 bits per heavy atom. The van der Waals surface area contributed by atoms with Gasteiger partial charge in [-0.25, -0.2) is 0 Å². The molecule has 0 aromatic heterocycles. The molecule has 0 bridgehead atoms. The molecule has 2 nitrogen and oxygen atoms in total. The molecule has 1 atom stereocenters. The van der Waals surface area contributed by atoms with E-state index < -0.39 is 0 Å². The topological polar surface area (TPSA) is 32.3 Å². The third-order valence-corrected chi connectivity index (χ3v) is 3.36. The van der Waals surface area contributed by atoms with Crippen molar-refractivity contribution in [2.45, 2.75) is 46.1 Å². The molecule has 0 heterocycles. The minimum Gasteiger partial charge on any atom is -0.396 e. The lowest BCUT2D eigenvalue weighted by Crippen LogP contribution is -2.41. The quantitative estimate of drug-likeness (QED) is 0.794. The standard InChI is InChI=1S/C15H25NO/c1-5-9-16-15(4,8-10-17)14-11-12(2)6-7-13(14)3/h6-7,11,16-17H,5,8-10H2,1-4H3. The molecule has 0 aliphatic carbocycles. The third kappa shape index (κ3) is 3.55. The van der Waals surface area contributed by atoms with Crippen molar-refractivity contribution in [2.24, 2.45) is 0 Å². The Bertz CT molecular complexity index is 362. The first-order chi connectivity index (χ1) is 8.03. The lowest BCUT2D eigenvalue weighted by Gasteiger charge is -2.33. The minimum absolute atomic E-state index is 0.124. The summed E-state index contributed by atoms with van der Waals surface area (Å²) >= 11 is 0. The second-order valence-electron chi connectivity index (χ2n) is 5.05. The summed E-state index contributed by atoms with van der Waals surface area (Å²) in [5.41, 5.74) is 3.74. The van der Waals surface area contributed by atoms with Gasteiger partial charge in [0.1, 0.15) is 0 Å². The van der Waals surface area contributed by atoms with Crippen LogP contribution in [-0.2, 0) is 5.54 Å². The van der Waals surface area contributed by atoms with E-state index in [4.69, 9.17) is 0 Å². The minimum atomic E-state index is -0.124. The average molecular weight is 235 g/mol. The molecule has 2 heteroatoms. The Morgan fingerprint density at radius 2 is 2.00 bits per heavy atom. The van der Waals surface area contributed by atoms with Crippen LogP contribution >= 0.6 is 0 Å². The van der Waals surface area contributed by atoms with Crippen LogP contribution < -0.4 is 5.32 Å². The molecule has 1 aromatic carbocycles. The monoisotopic (exact) mass is 235 g/mol. The summed E-state index contributed by atoms with van der Waals surface area (Å²) in [7, 11) is 0. The number of hydrogen-bond acceptors (Lipinski definition) is 2. The normalized spacial score (nSPS) is 14.6. The summed E-state index contributed by atoms with van der Waals surface area (Å²) in [6, 6.07) is 6.53. The first kappa shape index (κ1) is 14.2. The molecule has 1 rings (SSSR count). The SMILES string of the molecule is CCCNC(C)(CCO)c1cc(C)ccc1C. The molecule has 0 aliphatic heterocycles. The lowest BCUT2D eigenvalue weighted by molar-refractivity contribution is 0.220. The highest BCUT2D eigenvalue weighted by Crippen LogP contribution is 2.28. The third-order valence-electron chi connectivity index (χ3n) is 3.36. The number of benzene rings is 1. The Labute approximate surface area is 105 Å². The van der Waals surface area contributed by atoms with Gasteiger partial charge in [-0.15, -0.1) is 0 Å². The van der Waals surface area contributed by atoms with Crippen molar-refractivity contribution in [3.05, 3.63) is 34.9 Å². The Balaban J connectivity index is 3.07. The van der Waals surface area contributed by atoms with Gasteiger partial charge < -0.3 is 10.4 Å². The van der Waals surface area contributed by atoms with E-state index in [1.165, 1.54) is 16.7 Å². The van der Waals surface area contributed by atoms with Crippen molar-refractivity contribution in [1.82, 2.24) is 5.32 Å². The van der Waals surface area contributed by atoms with Crippen molar-refractivity contribution >= 4 is 0 Å². The molecule has 0 saturated heterocycles. The van der Waals surface area contributed by atoms with Gasteiger partial charge in [0.05, 0.1) is 0 Å². The largest absolute Gasteiger partial charge is 0.396 e. The molecule has 96 valence electrons. The highest BCUT2D eigenvalue weighted by Gasteiger charge is 2.26. The first-order valence-corrected chi connectivity index (χ1v) is 6.47. The summed E-state index contributed by atoms with van der Waals surface area (Å²) in [4.78, 5) is 0. The van der Waals surface area contributed by atoms with Crippen LogP contribution in [0.3, 0.4) is 0 Å². The van der Waals surface area contributed by atoms with Gasteiger partial charge in [-0.2, -0.15) is 0 Å². The maximum absolute atomic E-state index is 9.28. The summed E-state index contributed by atoms with van der Waals surface area (Å²) < 4.78 is 0. The second-order valence-corrected chi connectivity index (χ2v) is 5.05. The predicted molar refractivity (Wildman–Crippen MR) is 73.3 cm³/mol. The van der Waals surface area contributed by atoms with Gasteiger partial charge in [0, 0.05) is 12.1 Å². The number of aliphatic hydroxyl groups is 1. The van der Waals surface area contributed by atoms with Crippen LogP contribution in [0.4, 0.5) is 0 Å². The summed E-state index contributed by atoms with van der Waals surface area (Å²) in [5.74, 6) is 0. The van der Waals surface area contributed by atoms with Crippen molar-refractivity contribution in [3.8, 4) is 0 Å². The first-order valence-electron chi connectivity index (χ1n) is 6.47. The van der Waals surface area contributed by atoms with Crippen LogP contribution in [0, 0.1) is 13.8 Å². The molecule has 0 fully saturated rings. The van der Waals surface area contributed by atoms with Gasteiger partial charge in [-0.3, -0.25) is 0 Å². The number of rotatable bonds is 6. The smallest absolute Gasteiger partial charge is 0.0451 e. The summed E-state index contributed by atoms with van der Waals surface area (Å²) in [6.45, 7) is 9.78. The molecule has 0 amide bonds. The fraction of sp³-hybridized carbons (Fsp3) is 0.600. The summed E-state index contributed by atoms with van der Waals surface area (Å²) in [5, 5.41) is 12.9. The van der Waals surface area contributed by atoms with E-state index in [0.717, 1.165) is 19.4 Å². The molecule has 1 unspecified atom stereocenters. The number of aliphatic hydroxyl groups excluding tert-OH is 1. The molecule has 2 N–H and O–H groups in total. The molecule has 17 heavy (non-hydrogen) atoms. The fourth-order valence-corrected chi connectivity index (χ4v) is 2.27. The molecule has 0 radical (unpaired) electrons. The highest BCUT2D eigenvalue weighted by molar-refractivity contribution is 5.35. The van der Waals surface area contributed by atoms with E-state index in [1.807, 2.05) is 0 Å². The van der Waals surface area contributed by atoms with Crippen LogP contribution in [0.2, 0.25) is 0 Å². The van der Waals surface area contributed by atoms with Crippen molar-refractivity contribution in [3.63, 3.8) is 0 Å². The number of hydrogen-bond donors (Lipinski definition) is 2. The second kappa shape index (κ2) is 6.18. The average Bonchev–Trinajstić information content (AvgIpc) is 2.30. The molecule has 1 aromatic rings.